The minimum Gasteiger partial charge on any atom is -0.315 e. The molecule has 0 aliphatic carbocycles. The third kappa shape index (κ3) is 2.91. The first kappa shape index (κ1) is 13.1. The number of piperidine rings is 1. The highest BCUT2D eigenvalue weighted by atomic mass is 16.2. The fraction of sp³-hybridized carbons (Fsp3) is 0.533. The number of benzene rings is 1. The molecule has 0 spiro atoms. The molecule has 1 aromatic rings. The molecular weight excluding hydrogens is 224 g/mol. The monoisotopic (exact) mass is 246 g/mol. The van der Waals surface area contributed by atoms with E-state index in [0.717, 1.165) is 25.1 Å². The summed E-state index contributed by atoms with van der Waals surface area (Å²) in [6.45, 7) is 5.14. The van der Waals surface area contributed by atoms with E-state index in [9.17, 15) is 4.79 Å². The van der Waals surface area contributed by atoms with Crippen molar-refractivity contribution < 1.29 is 4.79 Å². The first-order valence-corrected chi connectivity index (χ1v) is 6.65. The van der Waals surface area contributed by atoms with Crippen LogP contribution in [0.5, 0.6) is 0 Å². The summed E-state index contributed by atoms with van der Waals surface area (Å²) >= 11 is 0. The van der Waals surface area contributed by atoms with E-state index in [4.69, 9.17) is 0 Å². The van der Waals surface area contributed by atoms with Crippen molar-refractivity contribution in [1.29, 1.82) is 0 Å². The lowest BCUT2D eigenvalue weighted by molar-refractivity contribution is -0.123. The predicted octanol–water partition coefficient (Wildman–Crippen LogP) is 2.35. The van der Waals surface area contributed by atoms with Crippen molar-refractivity contribution in [3.63, 3.8) is 0 Å². The molecular formula is C15H22N2O. The first-order valence-electron chi connectivity index (χ1n) is 6.65. The lowest BCUT2D eigenvalue weighted by atomic mass is 9.92. The number of nitrogens with zero attached hydrogens (tertiary/aromatic N) is 1. The van der Waals surface area contributed by atoms with Gasteiger partial charge in [-0.2, -0.15) is 0 Å². The van der Waals surface area contributed by atoms with Crippen LogP contribution in [0.1, 0.15) is 25.3 Å². The van der Waals surface area contributed by atoms with E-state index in [1.807, 2.05) is 19.2 Å². The van der Waals surface area contributed by atoms with Gasteiger partial charge in [0.1, 0.15) is 0 Å². The Balaban J connectivity index is 2.08. The fourth-order valence-corrected chi connectivity index (χ4v) is 2.59. The molecule has 0 radical (unpaired) electrons. The van der Waals surface area contributed by atoms with Gasteiger partial charge in [-0.1, -0.05) is 12.1 Å². The van der Waals surface area contributed by atoms with Crippen LogP contribution < -0.4 is 10.2 Å². The van der Waals surface area contributed by atoms with Crippen molar-refractivity contribution in [2.24, 2.45) is 5.92 Å². The zero-order valence-corrected chi connectivity index (χ0v) is 11.4. The van der Waals surface area contributed by atoms with Gasteiger partial charge in [0.15, 0.2) is 0 Å². The Morgan fingerprint density at radius 3 is 2.89 bits per heavy atom. The quantitative estimate of drug-likeness (QED) is 0.868. The van der Waals surface area contributed by atoms with Crippen molar-refractivity contribution in [3.8, 4) is 0 Å². The highest BCUT2D eigenvalue weighted by molar-refractivity contribution is 5.94. The van der Waals surface area contributed by atoms with Gasteiger partial charge in [-0.15, -0.1) is 0 Å². The molecule has 1 aliphatic rings. The zero-order valence-electron chi connectivity index (χ0n) is 11.4. The molecule has 2 rings (SSSR count). The molecule has 2 atom stereocenters. The molecule has 0 unspecified atom stereocenters. The van der Waals surface area contributed by atoms with Gasteiger partial charge in [0, 0.05) is 24.7 Å². The highest BCUT2D eigenvalue weighted by Crippen LogP contribution is 2.22. The van der Waals surface area contributed by atoms with Crippen molar-refractivity contribution >= 4 is 11.6 Å². The Kier molecular flexibility index (Phi) is 4.02. The molecule has 1 N–H and O–H groups in total. The molecule has 0 bridgehead atoms. The number of anilines is 1. The standard InChI is InChI=1S/C15H22N2O/c1-11-5-4-6-14(9-11)17(3)15(18)13-7-8-16-12(2)10-13/h4-6,9,12-13,16H,7-8,10H2,1-3H3/t12-,13-/m0/s1. The number of carbonyl (C=O) groups is 1. The molecule has 1 heterocycles. The maximum atomic E-state index is 12.5. The van der Waals surface area contributed by atoms with Crippen LogP contribution >= 0.6 is 0 Å². The lowest BCUT2D eigenvalue weighted by Gasteiger charge is -2.30. The van der Waals surface area contributed by atoms with Gasteiger partial charge in [0.25, 0.3) is 0 Å². The molecule has 0 saturated carbocycles. The number of amides is 1. The SMILES string of the molecule is Cc1cccc(N(C)C(=O)[C@H]2CCN[C@@H](C)C2)c1. The molecule has 0 aromatic heterocycles. The maximum Gasteiger partial charge on any atom is 0.229 e. The summed E-state index contributed by atoms with van der Waals surface area (Å²) < 4.78 is 0. The molecule has 3 nitrogen and oxygen atoms in total. The maximum absolute atomic E-state index is 12.5. The number of hydrogen-bond acceptors (Lipinski definition) is 2. The minimum absolute atomic E-state index is 0.159. The lowest BCUT2D eigenvalue weighted by Crippen LogP contribution is -2.43. The molecule has 1 fully saturated rings. The minimum atomic E-state index is 0.159. The van der Waals surface area contributed by atoms with Crippen LogP contribution in [0.25, 0.3) is 0 Å². The van der Waals surface area contributed by atoms with E-state index in [2.05, 4.69) is 31.3 Å². The van der Waals surface area contributed by atoms with Gasteiger partial charge in [-0.25, -0.2) is 0 Å². The Morgan fingerprint density at radius 1 is 1.44 bits per heavy atom. The first-order chi connectivity index (χ1) is 8.58. The zero-order chi connectivity index (χ0) is 13.1. The fourth-order valence-electron chi connectivity index (χ4n) is 2.59. The van der Waals surface area contributed by atoms with Crippen LogP contribution in [0.15, 0.2) is 24.3 Å². The molecule has 1 aromatic carbocycles. The van der Waals surface area contributed by atoms with E-state index in [-0.39, 0.29) is 11.8 Å². The van der Waals surface area contributed by atoms with Crippen molar-refractivity contribution in [2.45, 2.75) is 32.7 Å². The van der Waals surface area contributed by atoms with Crippen molar-refractivity contribution in [3.05, 3.63) is 29.8 Å². The van der Waals surface area contributed by atoms with Crippen LogP contribution in [0.3, 0.4) is 0 Å². The second kappa shape index (κ2) is 5.53. The van der Waals surface area contributed by atoms with E-state index < -0.39 is 0 Å². The summed E-state index contributed by atoms with van der Waals surface area (Å²) in [7, 11) is 1.88. The average Bonchev–Trinajstić information content (AvgIpc) is 2.37. The third-order valence-electron chi connectivity index (χ3n) is 3.69. The van der Waals surface area contributed by atoms with E-state index in [1.165, 1.54) is 5.56 Å². The van der Waals surface area contributed by atoms with E-state index in [1.54, 1.807) is 4.90 Å². The summed E-state index contributed by atoms with van der Waals surface area (Å²) in [6.07, 6.45) is 1.88. The largest absolute Gasteiger partial charge is 0.315 e. The Morgan fingerprint density at radius 2 is 2.22 bits per heavy atom. The Bertz CT molecular complexity index is 430. The van der Waals surface area contributed by atoms with Crippen molar-refractivity contribution in [2.75, 3.05) is 18.5 Å². The molecule has 1 aliphatic heterocycles. The second-order valence-electron chi connectivity index (χ2n) is 5.31. The molecule has 98 valence electrons. The summed E-state index contributed by atoms with van der Waals surface area (Å²) in [4.78, 5) is 14.3. The van der Waals surface area contributed by atoms with Crippen LogP contribution in [-0.4, -0.2) is 25.5 Å². The van der Waals surface area contributed by atoms with Gasteiger partial charge in [-0.3, -0.25) is 4.79 Å². The van der Waals surface area contributed by atoms with Gasteiger partial charge in [0.05, 0.1) is 0 Å². The topological polar surface area (TPSA) is 32.3 Å². The van der Waals surface area contributed by atoms with Crippen molar-refractivity contribution in [1.82, 2.24) is 5.32 Å². The summed E-state index contributed by atoms with van der Waals surface area (Å²) in [5, 5.41) is 3.38. The van der Waals surface area contributed by atoms with Crippen LogP contribution in [0.2, 0.25) is 0 Å². The number of rotatable bonds is 2. The molecule has 18 heavy (non-hydrogen) atoms. The Labute approximate surface area is 109 Å². The summed E-state index contributed by atoms with van der Waals surface area (Å²) in [5.74, 6) is 0.403. The van der Waals surface area contributed by atoms with Gasteiger partial charge in [-0.05, 0) is 50.9 Å². The molecule has 1 saturated heterocycles. The average molecular weight is 246 g/mol. The smallest absolute Gasteiger partial charge is 0.229 e. The number of carbonyl (C=O) groups excluding carboxylic acids is 1. The van der Waals surface area contributed by atoms with Crippen LogP contribution in [0.4, 0.5) is 5.69 Å². The number of aryl methyl sites for hydroxylation is 1. The van der Waals surface area contributed by atoms with Gasteiger partial charge < -0.3 is 10.2 Å². The van der Waals surface area contributed by atoms with E-state index in [0.29, 0.717) is 6.04 Å². The normalized spacial score (nSPS) is 23.7. The molecule has 3 heteroatoms. The Hall–Kier alpha value is -1.35. The predicted molar refractivity (Wildman–Crippen MR) is 74.8 cm³/mol. The van der Waals surface area contributed by atoms with Gasteiger partial charge >= 0.3 is 0 Å². The van der Waals surface area contributed by atoms with Gasteiger partial charge in [0.2, 0.25) is 5.91 Å². The van der Waals surface area contributed by atoms with Crippen LogP contribution in [-0.2, 0) is 4.79 Å². The van der Waals surface area contributed by atoms with E-state index >= 15 is 0 Å². The number of nitrogens with one attached hydrogen (secondary N) is 1. The third-order valence-corrected chi connectivity index (χ3v) is 3.69. The molecule has 1 amide bonds. The van der Waals surface area contributed by atoms with Crippen LogP contribution in [0, 0.1) is 12.8 Å². The summed E-state index contributed by atoms with van der Waals surface area (Å²) in [5.41, 5.74) is 2.18. The summed E-state index contributed by atoms with van der Waals surface area (Å²) in [6, 6.07) is 8.55. The number of hydrogen-bond donors (Lipinski definition) is 1. The highest BCUT2D eigenvalue weighted by Gasteiger charge is 2.27. The second-order valence-corrected chi connectivity index (χ2v) is 5.31.